The van der Waals surface area contributed by atoms with Crippen LogP contribution in [0.2, 0.25) is 0 Å². The molecule has 0 unspecified atom stereocenters. The Hall–Kier alpha value is -2.45. The molecule has 0 saturated heterocycles. The number of rotatable bonds is 6. The molecule has 8 heteroatoms. The lowest BCUT2D eigenvalue weighted by Crippen LogP contribution is -2.12. The molecule has 0 aliphatic heterocycles. The summed E-state index contributed by atoms with van der Waals surface area (Å²) >= 11 is 3.33. The van der Waals surface area contributed by atoms with Gasteiger partial charge in [0.2, 0.25) is 0 Å². The molecule has 1 aliphatic rings. The molecule has 1 fully saturated rings. The standard InChI is InChI=1S/C20H19N5OS2/c1-12-4-2-6-15-18(12)21-16(22-19(15)26)11-28-20-24-23-17(25(20)13-7-8-13)10-14-5-3-9-27-14/h2-6,9,13H,7-8,10-11H2,1H3,(H,21,22,26). The average Bonchev–Trinajstić information content (AvgIpc) is 3.24. The van der Waals surface area contributed by atoms with Gasteiger partial charge in [-0.1, -0.05) is 30.0 Å². The Kier molecular flexibility index (Phi) is 4.52. The molecule has 0 atom stereocenters. The van der Waals surface area contributed by atoms with Crippen molar-refractivity contribution in [3.63, 3.8) is 0 Å². The highest BCUT2D eigenvalue weighted by atomic mass is 32.2. The zero-order chi connectivity index (χ0) is 19.1. The molecular formula is C20H19N5OS2. The minimum absolute atomic E-state index is 0.0913. The van der Waals surface area contributed by atoms with E-state index in [4.69, 9.17) is 0 Å². The van der Waals surface area contributed by atoms with Crippen molar-refractivity contribution in [2.75, 3.05) is 0 Å². The number of fused-ring (bicyclic) bond motifs is 1. The molecule has 0 amide bonds. The maximum Gasteiger partial charge on any atom is 0.258 e. The Labute approximate surface area is 170 Å². The molecule has 0 bridgehead atoms. The summed E-state index contributed by atoms with van der Waals surface area (Å²) in [6.07, 6.45) is 3.16. The molecule has 1 saturated carbocycles. The monoisotopic (exact) mass is 409 g/mol. The Morgan fingerprint density at radius 2 is 2.14 bits per heavy atom. The Balaban J connectivity index is 1.41. The van der Waals surface area contributed by atoms with E-state index < -0.39 is 0 Å². The van der Waals surface area contributed by atoms with E-state index in [1.807, 2.05) is 25.1 Å². The van der Waals surface area contributed by atoms with Crippen LogP contribution in [-0.4, -0.2) is 24.7 Å². The van der Waals surface area contributed by atoms with Gasteiger partial charge in [-0.05, 0) is 42.8 Å². The largest absolute Gasteiger partial charge is 0.309 e. The predicted molar refractivity (Wildman–Crippen MR) is 112 cm³/mol. The average molecular weight is 410 g/mol. The van der Waals surface area contributed by atoms with Gasteiger partial charge in [0.25, 0.3) is 5.56 Å². The normalized spacial score (nSPS) is 14.0. The van der Waals surface area contributed by atoms with Crippen LogP contribution in [0.3, 0.4) is 0 Å². The molecule has 1 aromatic carbocycles. The summed E-state index contributed by atoms with van der Waals surface area (Å²) in [4.78, 5) is 21.3. The number of nitrogens with zero attached hydrogens (tertiary/aromatic N) is 4. The highest BCUT2D eigenvalue weighted by molar-refractivity contribution is 7.98. The number of thioether (sulfide) groups is 1. The van der Waals surface area contributed by atoms with Crippen molar-refractivity contribution >= 4 is 34.0 Å². The molecule has 3 heterocycles. The molecule has 6 nitrogen and oxygen atoms in total. The molecule has 28 heavy (non-hydrogen) atoms. The SMILES string of the molecule is Cc1cccc2c(=O)[nH]c(CSc3nnc(Cc4cccs4)n3C3CC3)nc12. The first kappa shape index (κ1) is 17.6. The number of benzene rings is 1. The zero-order valence-corrected chi connectivity index (χ0v) is 17.0. The fourth-order valence-corrected chi connectivity index (χ4v) is 4.94. The second kappa shape index (κ2) is 7.18. The third-order valence-corrected chi connectivity index (χ3v) is 6.72. The lowest BCUT2D eigenvalue weighted by molar-refractivity contribution is 0.635. The second-order valence-corrected chi connectivity index (χ2v) is 9.00. The van der Waals surface area contributed by atoms with Crippen molar-refractivity contribution < 1.29 is 0 Å². The van der Waals surface area contributed by atoms with Crippen molar-refractivity contribution in [1.82, 2.24) is 24.7 Å². The van der Waals surface area contributed by atoms with Crippen LogP contribution in [-0.2, 0) is 12.2 Å². The summed E-state index contributed by atoms with van der Waals surface area (Å²) in [5.74, 6) is 2.24. The molecule has 4 aromatic rings. The van der Waals surface area contributed by atoms with Crippen LogP contribution in [0.5, 0.6) is 0 Å². The number of hydrogen-bond donors (Lipinski definition) is 1. The maximum absolute atomic E-state index is 12.4. The highest BCUT2D eigenvalue weighted by Gasteiger charge is 2.29. The van der Waals surface area contributed by atoms with E-state index >= 15 is 0 Å². The molecule has 1 aliphatic carbocycles. The highest BCUT2D eigenvalue weighted by Crippen LogP contribution is 2.39. The van der Waals surface area contributed by atoms with E-state index in [1.165, 1.54) is 17.7 Å². The summed E-state index contributed by atoms with van der Waals surface area (Å²) in [6, 6.07) is 10.4. The van der Waals surface area contributed by atoms with E-state index in [9.17, 15) is 4.79 Å². The van der Waals surface area contributed by atoms with Gasteiger partial charge in [-0.3, -0.25) is 4.79 Å². The predicted octanol–water partition coefficient (Wildman–Crippen LogP) is 4.10. The number of para-hydroxylation sites is 1. The lowest BCUT2D eigenvalue weighted by atomic mass is 10.1. The molecular weight excluding hydrogens is 390 g/mol. The maximum atomic E-state index is 12.4. The van der Waals surface area contributed by atoms with Crippen LogP contribution in [0.4, 0.5) is 0 Å². The first-order valence-electron chi connectivity index (χ1n) is 9.26. The summed E-state index contributed by atoms with van der Waals surface area (Å²) in [5, 5.41) is 12.5. The van der Waals surface area contributed by atoms with E-state index in [0.717, 1.165) is 28.5 Å². The van der Waals surface area contributed by atoms with Gasteiger partial charge in [-0.2, -0.15) is 0 Å². The minimum Gasteiger partial charge on any atom is -0.309 e. The summed E-state index contributed by atoms with van der Waals surface area (Å²) < 4.78 is 2.27. The number of aromatic amines is 1. The Morgan fingerprint density at radius 3 is 2.93 bits per heavy atom. The molecule has 0 radical (unpaired) electrons. The third kappa shape index (κ3) is 3.38. The number of thiophene rings is 1. The van der Waals surface area contributed by atoms with Gasteiger partial charge in [-0.25, -0.2) is 4.98 Å². The van der Waals surface area contributed by atoms with Crippen LogP contribution in [0.25, 0.3) is 10.9 Å². The first-order valence-corrected chi connectivity index (χ1v) is 11.1. The van der Waals surface area contributed by atoms with Crippen LogP contribution in [0, 0.1) is 6.92 Å². The lowest BCUT2D eigenvalue weighted by Gasteiger charge is -2.08. The number of aromatic nitrogens is 5. The number of nitrogens with one attached hydrogen (secondary N) is 1. The number of hydrogen-bond acceptors (Lipinski definition) is 6. The van der Waals surface area contributed by atoms with Crippen LogP contribution in [0.15, 0.2) is 45.7 Å². The molecule has 3 aromatic heterocycles. The van der Waals surface area contributed by atoms with Crippen molar-refractivity contribution in [2.24, 2.45) is 0 Å². The van der Waals surface area contributed by atoms with Crippen LogP contribution in [0.1, 0.15) is 41.0 Å². The third-order valence-electron chi connectivity index (χ3n) is 4.88. The molecule has 0 spiro atoms. The van der Waals surface area contributed by atoms with E-state index in [0.29, 0.717) is 23.0 Å². The zero-order valence-electron chi connectivity index (χ0n) is 15.4. The van der Waals surface area contributed by atoms with Crippen molar-refractivity contribution in [3.05, 3.63) is 68.2 Å². The summed E-state index contributed by atoms with van der Waals surface area (Å²) in [7, 11) is 0. The van der Waals surface area contributed by atoms with Gasteiger partial charge in [0.1, 0.15) is 11.6 Å². The minimum atomic E-state index is -0.0913. The van der Waals surface area contributed by atoms with Gasteiger partial charge in [0.05, 0.1) is 16.7 Å². The Bertz CT molecular complexity index is 1190. The fraction of sp³-hybridized carbons (Fsp3) is 0.300. The molecule has 1 N–H and O–H groups in total. The van der Waals surface area contributed by atoms with Gasteiger partial charge >= 0.3 is 0 Å². The van der Waals surface area contributed by atoms with Gasteiger partial charge in [0, 0.05) is 17.3 Å². The Morgan fingerprint density at radius 1 is 1.25 bits per heavy atom. The second-order valence-electron chi connectivity index (χ2n) is 7.03. The van der Waals surface area contributed by atoms with Crippen molar-refractivity contribution in [1.29, 1.82) is 0 Å². The smallest absolute Gasteiger partial charge is 0.258 e. The van der Waals surface area contributed by atoms with E-state index in [1.54, 1.807) is 23.1 Å². The molecule has 142 valence electrons. The first-order chi connectivity index (χ1) is 13.7. The van der Waals surface area contributed by atoms with E-state index in [2.05, 4.69) is 42.2 Å². The number of H-pyrrole nitrogens is 1. The van der Waals surface area contributed by atoms with Gasteiger partial charge in [0.15, 0.2) is 5.16 Å². The summed E-state index contributed by atoms with van der Waals surface area (Å²) in [5.41, 5.74) is 1.68. The fourth-order valence-electron chi connectivity index (χ4n) is 3.35. The van der Waals surface area contributed by atoms with E-state index in [-0.39, 0.29) is 5.56 Å². The molecule has 5 rings (SSSR count). The summed E-state index contributed by atoms with van der Waals surface area (Å²) in [6.45, 7) is 1.98. The van der Waals surface area contributed by atoms with Crippen LogP contribution < -0.4 is 5.56 Å². The van der Waals surface area contributed by atoms with Crippen molar-refractivity contribution in [3.8, 4) is 0 Å². The quantitative estimate of drug-likeness (QED) is 0.485. The van der Waals surface area contributed by atoms with Crippen LogP contribution >= 0.6 is 23.1 Å². The van der Waals surface area contributed by atoms with Gasteiger partial charge < -0.3 is 9.55 Å². The number of aryl methyl sites for hydroxylation is 1. The van der Waals surface area contributed by atoms with Gasteiger partial charge in [-0.15, -0.1) is 21.5 Å². The topological polar surface area (TPSA) is 76.5 Å². The van der Waals surface area contributed by atoms with Crippen molar-refractivity contribution in [2.45, 2.75) is 43.1 Å².